The molecule has 6 unspecified atom stereocenters. The van der Waals surface area contributed by atoms with Crippen LogP contribution in [0.4, 0.5) is 35.1 Å². The number of aromatic nitrogens is 14. The zero-order valence-corrected chi connectivity index (χ0v) is 78.7. The van der Waals surface area contributed by atoms with Gasteiger partial charge in [0.05, 0.1) is 158 Å². The molecule has 0 radical (unpaired) electrons. The fourth-order valence-electron chi connectivity index (χ4n) is 24.8. The molecule has 20 nitrogen and oxygen atoms in total. The highest BCUT2D eigenvalue weighted by atomic mass is 19.2. The Morgan fingerprint density at radius 1 is 0.254 bits per heavy atom. The van der Waals surface area contributed by atoms with Crippen LogP contribution in [0.3, 0.4) is 0 Å². The minimum absolute atomic E-state index is 0.0977. The number of aliphatic hydroxyl groups excluding tert-OH is 6. The number of fused-ring (bicyclic) bond motifs is 18. The summed E-state index contributed by atoms with van der Waals surface area (Å²) in [5, 5.41) is 56.0. The standard InChI is InChI=1S/4C19H23FN2O.2C17H19F2N3O/c4*20-19(8-5-14(12-23)6-9-19)10-7-17-15-3-1-2-4-16(15)18-11-21-13-22(17)18;2*18-16-7-12-13(8-21-16)15-9-20-10-22(15)14(12)3-6-17(19)4-1-11(23)2-5-17/h4*1-4,11,13-14,17,23H,5-10,12H2;2*7-11,14,23H,1-6H2. The van der Waals surface area contributed by atoms with E-state index in [2.05, 4.69) is 131 Å². The van der Waals surface area contributed by atoms with Gasteiger partial charge in [-0.2, -0.15) is 8.78 Å². The second kappa shape index (κ2) is 41.4. The number of alkyl halides is 6. The second-order valence-corrected chi connectivity index (χ2v) is 41.9. The molecule has 6 saturated carbocycles. The van der Waals surface area contributed by atoms with Gasteiger partial charge in [-0.15, -0.1) is 0 Å². The van der Waals surface area contributed by atoms with Crippen LogP contribution in [0, 0.1) is 35.6 Å². The molecule has 0 bridgehead atoms. The summed E-state index contributed by atoms with van der Waals surface area (Å²) in [5.74, 6) is 0.168. The molecule has 6 aliphatic heterocycles. The number of aliphatic hydroxyl groups is 6. The molecular weight excluding hydrogens is 1770 g/mol. The van der Waals surface area contributed by atoms with E-state index in [9.17, 15) is 48.2 Å². The topological polar surface area (TPSA) is 254 Å². The summed E-state index contributed by atoms with van der Waals surface area (Å²) in [6.07, 6.45) is 46.7. The molecule has 0 saturated heterocycles. The molecule has 732 valence electrons. The highest BCUT2D eigenvalue weighted by molar-refractivity contribution is 5.73. The molecule has 6 atom stereocenters. The maximum absolute atomic E-state index is 15.1. The van der Waals surface area contributed by atoms with Crippen molar-refractivity contribution < 1.29 is 65.8 Å². The van der Waals surface area contributed by atoms with Gasteiger partial charge in [0.15, 0.2) is 0 Å². The average molecular weight is 1900 g/mol. The lowest BCUT2D eigenvalue weighted by atomic mass is 9.77. The van der Waals surface area contributed by atoms with Gasteiger partial charge >= 0.3 is 0 Å². The Bertz CT molecular complexity index is 5470. The maximum Gasteiger partial charge on any atom is 0.213 e. The first-order valence-electron chi connectivity index (χ1n) is 50.6. The van der Waals surface area contributed by atoms with Gasteiger partial charge in [-0.3, -0.25) is 0 Å². The van der Waals surface area contributed by atoms with Crippen LogP contribution in [-0.4, -0.2) is 171 Å². The number of hydrogen-bond acceptors (Lipinski definition) is 14. The van der Waals surface area contributed by atoms with E-state index < -0.39 is 45.9 Å². The quantitative estimate of drug-likeness (QED) is 0.0273. The van der Waals surface area contributed by atoms with Crippen LogP contribution in [-0.2, 0) is 0 Å². The minimum atomic E-state index is -1.23. The van der Waals surface area contributed by atoms with E-state index in [0.717, 1.165) is 133 Å². The van der Waals surface area contributed by atoms with E-state index in [0.29, 0.717) is 178 Å². The fourth-order valence-corrected chi connectivity index (χ4v) is 24.8. The first-order valence-corrected chi connectivity index (χ1v) is 50.6. The number of imidazole rings is 6. The van der Waals surface area contributed by atoms with Crippen molar-refractivity contribution >= 4 is 0 Å². The number of benzene rings is 4. The molecular formula is C110H130F8N14O6. The molecule has 12 aromatic rings. The molecule has 6 fully saturated rings. The summed E-state index contributed by atoms with van der Waals surface area (Å²) in [5.41, 5.74) is 13.2. The minimum Gasteiger partial charge on any atom is -0.396 e. The lowest BCUT2D eigenvalue weighted by molar-refractivity contribution is 0.0253. The Hall–Kier alpha value is -10.4. The van der Waals surface area contributed by atoms with Crippen molar-refractivity contribution in [3.63, 3.8) is 0 Å². The summed E-state index contributed by atoms with van der Waals surface area (Å²) in [6, 6.07) is 37.0. The number of pyridine rings is 2. The van der Waals surface area contributed by atoms with Crippen LogP contribution in [0.1, 0.15) is 301 Å². The first-order chi connectivity index (χ1) is 66.9. The normalized spacial score (nSPS) is 29.3. The lowest BCUT2D eigenvalue weighted by Crippen LogP contribution is -2.32. The zero-order valence-electron chi connectivity index (χ0n) is 78.7. The third kappa shape index (κ3) is 20.6. The fraction of sp³-hybridized carbons (Fsp3) is 0.527. The van der Waals surface area contributed by atoms with Gasteiger partial charge in [0.2, 0.25) is 11.9 Å². The Morgan fingerprint density at radius 3 is 0.652 bits per heavy atom. The molecule has 12 aliphatic rings. The lowest BCUT2D eigenvalue weighted by Gasteiger charge is -2.34. The van der Waals surface area contributed by atoms with Crippen molar-refractivity contribution in [2.24, 2.45) is 23.7 Å². The third-order valence-electron chi connectivity index (χ3n) is 33.4. The molecule has 8 aromatic heterocycles. The van der Waals surface area contributed by atoms with E-state index in [-0.39, 0.29) is 74.9 Å². The summed E-state index contributed by atoms with van der Waals surface area (Å²) in [7, 11) is 0. The van der Waals surface area contributed by atoms with Crippen molar-refractivity contribution in [2.45, 2.75) is 314 Å². The van der Waals surface area contributed by atoms with Crippen LogP contribution < -0.4 is 0 Å². The van der Waals surface area contributed by atoms with E-state index in [1.54, 1.807) is 25.0 Å². The van der Waals surface area contributed by atoms with E-state index in [1.165, 1.54) is 69.0 Å². The molecule has 28 heteroatoms. The van der Waals surface area contributed by atoms with Gasteiger partial charge in [0.1, 0.15) is 34.0 Å². The highest BCUT2D eigenvalue weighted by Gasteiger charge is 2.46. The van der Waals surface area contributed by atoms with Gasteiger partial charge in [-0.1, -0.05) is 97.1 Å². The predicted octanol–water partition coefficient (Wildman–Crippen LogP) is 23.3. The van der Waals surface area contributed by atoms with Crippen LogP contribution in [0.25, 0.3) is 67.5 Å². The Kier molecular flexibility index (Phi) is 29.0. The Labute approximate surface area is 802 Å². The number of nitrogens with zero attached hydrogens (tertiary/aromatic N) is 14. The molecule has 24 rings (SSSR count). The van der Waals surface area contributed by atoms with E-state index >= 15 is 17.6 Å². The molecule has 138 heavy (non-hydrogen) atoms. The first kappa shape index (κ1) is 96.5. The van der Waals surface area contributed by atoms with E-state index in [4.69, 9.17) is 0 Å². The van der Waals surface area contributed by atoms with Gasteiger partial charge in [-0.05, 0) is 300 Å². The molecule has 0 amide bonds. The van der Waals surface area contributed by atoms with Crippen LogP contribution in [0.15, 0.2) is 197 Å². The Morgan fingerprint density at radius 2 is 0.442 bits per heavy atom. The zero-order chi connectivity index (χ0) is 95.5. The van der Waals surface area contributed by atoms with Crippen molar-refractivity contribution in [3.05, 3.63) is 242 Å². The molecule has 0 spiro atoms. The summed E-state index contributed by atoms with van der Waals surface area (Å²) in [6.45, 7) is 0.796. The summed E-state index contributed by atoms with van der Waals surface area (Å²) in [4.78, 5) is 32.8. The van der Waals surface area contributed by atoms with Crippen molar-refractivity contribution in [1.29, 1.82) is 0 Å². The van der Waals surface area contributed by atoms with Gasteiger partial charge < -0.3 is 58.0 Å². The van der Waals surface area contributed by atoms with Crippen LogP contribution >= 0.6 is 0 Å². The summed E-state index contributed by atoms with van der Waals surface area (Å²) >= 11 is 0. The largest absolute Gasteiger partial charge is 0.396 e. The molecule has 6 N–H and O–H groups in total. The van der Waals surface area contributed by atoms with E-state index in [1.807, 2.05) is 83.5 Å². The van der Waals surface area contributed by atoms with Crippen LogP contribution in [0.5, 0.6) is 0 Å². The molecule has 4 aromatic carbocycles. The monoisotopic (exact) mass is 1900 g/mol. The van der Waals surface area contributed by atoms with Crippen molar-refractivity contribution in [3.8, 4) is 67.5 Å². The number of hydrogen-bond donors (Lipinski definition) is 6. The second-order valence-electron chi connectivity index (χ2n) is 41.9. The SMILES string of the molecule is OC1CCC(F)(CCC2c3cc(F)ncc3-c3cncn32)CC1.OC1CCC(F)(CCC2c3cc(F)ncc3-c3cncn32)CC1.OCC1CCC(F)(CCC2c3ccccc3-c3cncn32)CC1.OCC1CCC(F)(CCC2c3ccccc3-c3cncn32)CC1.OCC1CCC(F)(CCC2c3ccccc3-c3cncn32)CC1.OCC1CCC(F)(CCC2c3ccccc3-c3cncn32)CC1. The third-order valence-corrected chi connectivity index (χ3v) is 33.4. The molecule has 14 heterocycles. The van der Waals surface area contributed by atoms with Crippen LogP contribution in [0.2, 0.25) is 0 Å². The molecule has 6 aliphatic carbocycles. The van der Waals surface area contributed by atoms with Crippen molar-refractivity contribution in [1.82, 2.24) is 67.3 Å². The Balaban J connectivity index is 0.000000106. The average Bonchev–Trinajstić information content (AvgIpc) is 1.60. The highest BCUT2D eigenvalue weighted by Crippen LogP contribution is 2.54. The van der Waals surface area contributed by atoms with Gasteiger partial charge in [0.25, 0.3) is 0 Å². The summed E-state index contributed by atoms with van der Waals surface area (Å²) < 4.78 is 130. The predicted molar refractivity (Wildman–Crippen MR) is 514 cm³/mol. The number of rotatable bonds is 22. The van der Waals surface area contributed by atoms with Crippen molar-refractivity contribution in [2.75, 3.05) is 26.4 Å². The number of halogens is 8. The smallest absolute Gasteiger partial charge is 0.213 e. The maximum atomic E-state index is 15.1. The van der Waals surface area contributed by atoms with Gasteiger partial charge in [0, 0.05) is 72.2 Å². The van der Waals surface area contributed by atoms with Gasteiger partial charge in [-0.25, -0.2) is 66.2 Å².